The van der Waals surface area contributed by atoms with Crippen molar-refractivity contribution in [2.24, 2.45) is 0 Å². The monoisotopic (exact) mass is 224 g/mol. The van der Waals surface area contributed by atoms with E-state index in [-0.39, 0.29) is 17.0 Å². The number of para-hydroxylation sites is 1. The van der Waals surface area contributed by atoms with Gasteiger partial charge in [-0.15, -0.1) is 0 Å². The van der Waals surface area contributed by atoms with Gasteiger partial charge in [0, 0.05) is 6.54 Å². The van der Waals surface area contributed by atoms with E-state index >= 15 is 0 Å². The molecular formula is C10H12N2O4. The third-order valence-corrected chi connectivity index (χ3v) is 1.98. The summed E-state index contributed by atoms with van der Waals surface area (Å²) in [5, 5.41) is 13.4. The highest BCUT2D eigenvalue weighted by Gasteiger charge is 2.24. The molecular weight excluding hydrogens is 212 g/mol. The summed E-state index contributed by atoms with van der Waals surface area (Å²) in [4.78, 5) is 21.8. The van der Waals surface area contributed by atoms with Crippen LogP contribution in [0, 0.1) is 10.1 Å². The van der Waals surface area contributed by atoms with E-state index in [2.05, 4.69) is 5.32 Å². The van der Waals surface area contributed by atoms with Crippen LogP contribution in [0.25, 0.3) is 0 Å². The van der Waals surface area contributed by atoms with Gasteiger partial charge in [-0.1, -0.05) is 6.07 Å². The second-order valence-electron chi connectivity index (χ2n) is 2.97. The highest BCUT2D eigenvalue weighted by Crippen LogP contribution is 2.30. The molecule has 1 rings (SSSR count). The number of nitro groups is 1. The number of hydrogen-bond acceptors (Lipinski definition) is 4. The minimum Gasteiger partial charge on any atom is -0.490 e. The lowest BCUT2D eigenvalue weighted by atomic mass is 10.1. The van der Waals surface area contributed by atoms with Gasteiger partial charge in [0.1, 0.15) is 5.56 Å². The molecule has 0 aliphatic carbocycles. The van der Waals surface area contributed by atoms with Crippen molar-refractivity contribution in [3.05, 3.63) is 33.9 Å². The highest BCUT2D eigenvalue weighted by atomic mass is 16.6. The first-order valence-corrected chi connectivity index (χ1v) is 4.71. The Morgan fingerprint density at radius 3 is 2.75 bits per heavy atom. The lowest BCUT2D eigenvalue weighted by Crippen LogP contribution is -2.23. The number of methoxy groups -OCH3 is 1. The van der Waals surface area contributed by atoms with Crippen LogP contribution in [0.15, 0.2) is 18.2 Å². The number of nitrogens with one attached hydrogen (secondary N) is 1. The zero-order valence-electron chi connectivity index (χ0n) is 9.02. The second-order valence-corrected chi connectivity index (χ2v) is 2.97. The molecule has 0 atom stereocenters. The minimum absolute atomic E-state index is 0.00574. The van der Waals surface area contributed by atoms with Crippen molar-refractivity contribution in [2.75, 3.05) is 13.7 Å². The lowest BCUT2D eigenvalue weighted by molar-refractivity contribution is -0.386. The molecule has 16 heavy (non-hydrogen) atoms. The number of carbonyl (C=O) groups is 1. The fourth-order valence-electron chi connectivity index (χ4n) is 1.31. The smallest absolute Gasteiger partial charge is 0.323 e. The van der Waals surface area contributed by atoms with Crippen molar-refractivity contribution in [3.8, 4) is 5.75 Å². The van der Waals surface area contributed by atoms with Crippen molar-refractivity contribution in [1.29, 1.82) is 0 Å². The molecule has 1 N–H and O–H groups in total. The topological polar surface area (TPSA) is 81.5 Å². The molecule has 1 aromatic rings. The zero-order valence-corrected chi connectivity index (χ0v) is 9.02. The standard InChI is InChI=1S/C10H12N2O4/c1-3-11-10(13)7-5-4-6-8(16-2)9(7)12(14)15/h4-6H,3H2,1-2H3,(H,11,13). The molecule has 0 aliphatic heterocycles. The Morgan fingerprint density at radius 2 is 2.25 bits per heavy atom. The van der Waals surface area contributed by atoms with E-state index in [1.165, 1.54) is 25.3 Å². The van der Waals surface area contributed by atoms with Crippen molar-refractivity contribution in [1.82, 2.24) is 5.32 Å². The van der Waals surface area contributed by atoms with Crippen LogP contribution in [0.4, 0.5) is 5.69 Å². The van der Waals surface area contributed by atoms with Crippen LogP contribution in [0.2, 0.25) is 0 Å². The highest BCUT2D eigenvalue weighted by molar-refractivity contribution is 5.99. The van der Waals surface area contributed by atoms with Crippen LogP contribution < -0.4 is 10.1 Å². The van der Waals surface area contributed by atoms with Gasteiger partial charge in [-0.3, -0.25) is 14.9 Å². The molecule has 1 aromatic carbocycles. The third-order valence-electron chi connectivity index (χ3n) is 1.98. The van der Waals surface area contributed by atoms with Gasteiger partial charge >= 0.3 is 5.69 Å². The summed E-state index contributed by atoms with van der Waals surface area (Å²) in [5.41, 5.74) is -0.304. The van der Waals surface area contributed by atoms with Crippen LogP contribution in [0.1, 0.15) is 17.3 Å². The first-order chi connectivity index (χ1) is 7.61. The number of ether oxygens (including phenoxy) is 1. The first kappa shape index (κ1) is 12.0. The Hall–Kier alpha value is -2.11. The molecule has 86 valence electrons. The summed E-state index contributed by atoms with van der Waals surface area (Å²) in [6.45, 7) is 2.15. The van der Waals surface area contributed by atoms with Gasteiger partial charge in [0.15, 0.2) is 5.75 Å². The van der Waals surface area contributed by atoms with Crippen molar-refractivity contribution in [2.45, 2.75) is 6.92 Å². The van der Waals surface area contributed by atoms with Crippen LogP contribution in [-0.2, 0) is 0 Å². The normalized spacial score (nSPS) is 9.62. The Labute approximate surface area is 92.4 Å². The number of carbonyl (C=O) groups excluding carboxylic acids is 1. The van der Waals surface area contributed by atoms with E-state index in [1.54, 1.807) is 6.92 Å². The first-order valence-electron chi connectivity index (χ1n) is 4.71. The lowest BCUT2D eigenvalue weighted by Gasteiger charge is -2.06. The number of benzene rings is 1. The maximum atomic E-state index is 11.6. The summed E-state index contributed by atoms with van der Waals surface area (Å²) in [6.07, 6.45) is 0. The SMILES string of the molecule is CCNC(=O)c1cccc(OC)c1[N+](=O)[O-]. The van der Waals surface area contributed by atoms with Gasteiger partial charge in [0.05, 0.1) is 12.0 Å². The largest absolute Gasteiger partial charge is 0.490 e. The maximum Gasteiger partial charge on any atom is 0.323 e. The van der Waals surface area contributed by atoms with Gasteiger partial charge in [-0.05, 0) is 19.1 Å². The Balaban J connectivity index is 3.27. The average Bonchev–Trinajstić information content (AvgIpc) is 2.28. The molecule has 0 unspecified atom stereocenters. The molecule has 6 heteroatoms. The van der Waals surface area contributed by atoms with Gasteiger partial charge in [0.25, 0.3) is 5.91 Å². The predicted molar refractivity (Wildman–Crippen MR) is 57.7 cm³/mol. The molecule has 0 saturated heterocycles. The number of hydrogen-bond donors (Lipinski definition) is 1. The van der Waals surface area contributed by atoms with Crippen molar-refractivity contribution in [3.63, 3.8) is 0 Å². The quantitative estimate of drug-likeness (QED) is 0.618. The van der Waals surface area contributed by atoms with Crippen LogP contribution >= 0.6 is 0 Å². The summed E-state index contributed by atoms with van der Waals surface area (Å²) in [5.74, 6) is -0.401. The fraction of sp³-hybridized carbons (Fsp3) is 0.300. The molecule has 0 fully saturated rings. The van der Waals surface area contributed by atoms with E-state index in [9.17, 15) is 14.9 Å². The molecule has 0 saturated carbocycles. The molecule has 0 bridgehead atoms. The van der Waals surface area contributed by atoms with Crippen molar-refractivity contribution >= 4 is 11.6 Å². The van der Waals surface area contributed by atoms with Crippen LogP contribution in [-0.4, -0.2) is 24.5 Å². The van der Waals surface area contributed by atoms with E-state index in [1.807, 2.05) is 0 Å². The molecule has 6 nitrogen and oxygen atoms in total. The van der Waals surface area contributed by atoms with E-state index < -0.39 is 10.8 Å². The Kier molecular flexibility index (Phi) is 3.82. The van der Waals surface area contributed by atoms with Crippen molar-refractivity contribution < 1.29 is 14.5 Å². The number of nitrogens with zero attached hydrogens (tertiary/aromatic N) is 1. The zero-order chi connectivity index (χ0) is 12.1. The minimum atomic E-state index is -0.622. The van der Waals surface area contributed by atoms with Gasteiger partial charge in [-0.25, -0.2) is 0 Å². The van der Waals surface area contributed by atoms with E-state index in [4.69, 9.17) is 4.74 Å². The summed E-state index contributed by atoms with van der Waals surface area (Å²) < 4.78 is 4.85. The summed E-state index contributed by atoms with van der Waals surface area (Å²) in [6, 6.07) is 4.38. The number of rotatable bonds is 4. The molecule has 0 spiro atoms. The van der Waals surface area contributed by atoms with Crippen LogP contribution in [0.3, 0.4) is 0 Å². The second kappa shape index (κ2) is 5.11. The third kappa shape index (κ3) is 2.28. The number of amides is 1. The van der Waals surface area contributed by atoms with E-state index in [0.717, 1.165) is 0 Å². The maximum absolute atomic E-state index is 11.6. The Bertz CT molecular complexity index is 417. The molecule has 0 heterocycles. The molecule has 1 amide bonds. The average molecular weight is 224 g/mol. The number of nitro benzene ring substituents is 1. The van der Waals surface area contributed by atoms with Crippen LogP contribution in [0.5, 0.6) is 5.75 Å². The van der Waals surface area contributed by atoms with Gasteiger partial charge in [-0.2, -0.15) is 0 Å². The molecule has 0 aliphatic rings. The predicted octanol–water partition coefficient (Wildman–Crippen LogP) is 1.35. The summed E-state index contributed by atoms with van der Waals surface area (Å²) in [7, 11) is 1.32. The van der Waals surface area contributed by atoms with Gasteiger partial charge < -0.3 is 10.1 Å². The fourth-order valence-corrected chi connectivity index (χ4v) is 1.31. The molecule has 0 aromatic heterocycles. The Morgan fingerprint density at radius 1 is 1.56 bits per heavy atom. The molecule has 0 radical (unpaired) electrons. The van der Waals surface area contributed by atoms with E-state index in [0.29, 0.717) is 6.54 Å². The summed E-state index contributed by atoms with van der Waals surface area (Å²) >= 11 is 0. The van der Waals surface area contributed by atoms with Gasteiger partial charge in [0.2, 0.25) is 0 Å².